The Bertz CT molecular complexity index is 564. The van der Waals surface area contributed by atoms with Crippen LogP contribution in [-0.2, 0) is 6.54 Å². The molecule has 3 rings (SSSR count). The van der Waals surface area contributed by atoms with Crippen LogP contribution in [0.4, 0.5) is 0 Å². The molecule has 0 aliphatic carbocycles. The van der Waals surface area contributed by atoms with E-state index in [2.05, 4.69) is 47.8 Å². The van der Waals surface area contributed by atoms with Crippen LogP contribution in [-0.4, -0.2) is 22.6 Å². The molecule has 0 spiro atoms. The fraction of sp³-hybridized carbons (Fsp3) is 0.400. The molecule has 2 atom stereocenters. The van der Waals surface area contributed by atoms with Gasteiger partial charge in [-0.05, 0) is 25.6 Å². The van der Waals surface area contributed by atoms with Crippen molar-refractivity contribution in [2.45, 2.75) is 30.3 Å². The number of hydrogen-bond donors (Lipinski definition) is 1. The first kappa shape index (κ1) is 12.8. The van der Waals surface area contributed by atoms with Crippen LogP contribution in [0, 0.1) is 0 Å². The Kier molecular flexibility index (Phi) is 3.62. The van der Waals surface area contributed by atoms with Crippen LogP contribution in [0.5, 0.6) is 0 Å². The average Bonchev–Trinajstić information content (AvgIpc) is 3.07. The molecule has 4 heteroatoms. The maximum absolute atomic E-state index is 4.40. The number of aromatic nitrogens is 2. The number of fused-ring (bicyclic) bond motifs is 1. The lowest BCUT2D eigenvalue weighted by molar-refractivity contribution is 0.513. The molecule has 0 radical (unpaired) electrons. The van der Waals surface area contributed by atoms with E-state index < -0.39 is 0 Å². The Morgan fingerprint density at radius 2 is 2.32 bits per heavy atom. The minimum absolute atomic E-state index is 0.344. The fourth-order valence-electron chi connectivity index (χ4n) is 2.78. The van der Waals surface area contributed by atoms with E-state index in [0.717, 1.165) is 12.3 Å². The summed E-state index contributed by atoms with van der Waals surface area (Å²) in [6.45, 7) is 3.04. The predicted octanol–water partition coefficient (Wildman–Crippen LogP) is 3.05. The smallest absolute Gasteiger partial charge is 0.0537 e. The number of rotatable bonds is 4. The summed E-state index contributed by atoms with van der Waals surface area (Å²) in [5.41, 5.74) is 2.75. The molecular formula is C15H19N3S. The molecule has 3 nitrogen and oxygen atoms in total. The molecule has 2 unspecified atom stereocenters. The first-order valence-electron chi connectivity index (χ1n) is 6.74. The highest BCUT2D eigenvalue weighted by molar-refractivity contribution is 7.99. The minimum Gasteiger partial charge on any atom is -0.312 e. The lowest BCUT2D eigenvalue weighted by atomic mass is 9.90. The van der Waals surface area contributed by atoms with Crippen LogP contribution in [0.15, 0.2) is 41.6 Å². The van der Waals surface area contributed by atoms with E-state index in [4.69, 9.17) is 0 Å². The van der Waals surface area contributed by atoms with Gasteiger partial charge < -0.3 is 5.32 Å². The van der Waals surface area contributed by atoms with Gasteiger partial charge in [0.25, 0.3) is 0 Å². The van der Waals surface area contributed by atoms with Crippen molar-refractivity contribution in [2.75, 3.05) is 12.8 Å². The van der Waals surface area contributed by atoms with Crippen LogP contribution in [0.3, 0.4) is 0 Å². The number of thioether (sulfide) groups is 1. The number of benzene rings is 1. The second-order valence-corrected chi connectivity index (χ2v) is 5.91. The van der Waals surface area contributed by atoms with Crippen LogP contribution in [0.2, 0.25) is 0 Å². The SMILES string of the molecule is CCn1cc(C(NC)C2CSc3ccccc32)cn1. The third-order valence-electron chi connectivity index (χ3n) is 3.79. The van der Waals surface area contributed by atoms with Crippen LogP contribution < -0.4 is 5.32 Å². The van der Waals surface area contributed by atoms with E-state index in [-0.39, 0.29) is 0 Å². The van der Waals surface area contributed by atoms with Crippen molar-refractivity contribution in [1.82, 2.24) is 15.1 Å². The molecular weight excluding hydrogens is 254 g/mol. The van der Waals surface area contributed by atoms with Crippen molar-refractivity contribution in [3.05, 3.63) is 47.8 Å². The molecule has 0 saturated carbocycles. The molecule has 1 aliphatic heterocycles. The molecule has 19 heavy (non-hydrogen) atoms. The monoisotopic (exact) mass is 273 g/mol. The van der Waals surface area contributed by atoms with E-state index in [1.54, 1.807) is 0 Å². The zero-order chi connectivity index (χ0) is 13.2. The maximum atomic E-state index is 4.40. The van der Waals surface area contributed by atoms with Gasteiger partial charge in [0.1, 0.15) is 0 Å². The summed E-state index contributed by atoms with van der Waals surface area (Å²) in [4.78, 5) is 1.43. The third-order valence-corrected chi connectivity index (χ3v) is 5.00. The van der Waals surface area contributed by atoms with Crippen molar-refractivity contribution in [3.8, 4) is 0 Å². The highest BCUT2D eigenvalue weighted by Crippen LogP contribution is 2.45. The zero-order valence-corrected chi connectivity index (χ0v) is 12.2. The van der Waals surface area contributed by atoms with Crippen molar-refractivity contribution in [2.24, 2.45) is 0 Å². The molecule has 0 amide bonds. The Hall–Kier alpha value is -1.26. The molecule has 100 valence electrons. The van der Waals surface area contributed by atoms with Gasteiger partial charge in [0.05, 0.1) is 6.20 Å². The van der Waals surface area contributed by atoms with Crippen LogP contribution in [0.1, 0.15) is 30.0 Å². The van der Waals surface area contributed by atoms with E-state index >= 15 is 0 Å². The Balaban J connectivity index is 1.91. The van der Waals surface area contributed by atoms with Crippen LogP contribution in [0.25, 0.3) is 0 Å². The van der Waals surface area contributed by atoms with Crippen molar-refractivity contribution >= 4 is 11.8 Å². The molecule has 0 bridgehead atoms. The highest BCUT2D eigenvalue weighted by Gasteiger charge is 2.30. The van der Waals surface area contributed by atoms with Gasteiger partial charge in [-0.1, -0.05) is 18.2 Å². The van der Waals surface area contributed by atoms with E-state index in [9.17, 15) is 0 Å². The van der Waals surface area contributed by atoms with Gasteiger partial charge in [0.15, 0.2) is 0 Å². The molecule has 1 aromatic carbocycles. The molecule has 0 saturated heterocycles. The van der Waals surface area contributed by atoms with Crippen LogP contribution >= 0.6 is 11.8 Å². The first-order chi connectivity index (χ1) is 9.33. The van der Waals surface area contributed by atoms with Gasteiger partial charge in [0.2, 0.25) is 0 Å². The molecule has 2 aromatic rings. The van der Waals surface area contributed by atoms with Crippen molar-refractivity contribution in [3.63, 3.8) is 0 Å². The largest absolute Gasteiger partial charge is 0.312 e. The summed E-state index contributed by atoms with van der Waals surface area (Å²) >= 11 is 1.96. The lowest BCUT2D eigenvalue weighted by Crippen LogP contribution is -2.23. The molecule has 0 fully saturated rings. The third kappa shape index (κ3) is 2.30. The number of aryl methyl sites for hydroxylation is 1. The fourth-order valence-corrected chi connectivity index (χ4v) is 4.07. The van der Waals surface area contributed by atoms with Gasteiger partial charge >= 0.3 is 0 Å². The number of hydrogen-bond acceptors (Lipinski definition) is 3. The summed E-state index contributed by atoms with van der Waals surface area (Å²) in [6, 6.07) is 9.09. The summed E-state index contributed by atoms with van der Waals surface area (Å²) in [7, 11) is 2.04. The quantitative estimate of drug-likeness (QED) is 0.928. The lowest BCUT2D eigenvalue weighted by Gasteiger charge is -2.22. The Labute approximate surface area is 118 Å². The summed E-state index contributed by atoms with van der Waals surface area (Å²) in [5, 5.41) is 7.87. The standard InChI is InChI=1S/C15H19N3S/c1-3-18-9-11(8-17-18)15(16-2)13-10-19-14-7-5-4-6-12(13)14/h4-9,13,15-16H,3,10H2,1-2H3. The van der Waals surface area contributed by atoms with E-state index in [1.165, 1.54) is 16.0 Å². The van der Waals surface area contributed by atoms with E-state index in [1.807, 2.05) is 29.7 Å². The van der Waals surface area contributed by atoms with Crippen molar-refractivity contribution < 1.29 is 0 Å². The normalized spacial score (nSPS) is 19.4. The summed E-state index contributed by atoms with van der Waals surface area (Å²) < 4.78 is 1.99. The van der Waals surface area contributed by atoms with Gasteiger partial charge in [-0.15, -0.1) is 11.8 Å². The molecule has 1 aliphatic rings. The highest BCUT2D eigenvalue weighted by atomic mass is 32.2. The molecule has 1 N–H and O–H groups in total. The number of nitrogens with zero attached hydrogens (tertiary/aromatic N) is 2. The second kappa shape index (κ2) is 5.39. The van der Waals surface area contributed by atoms with Gasteiger partial charge in [-0.25, -0.2) is 0 Å². The molecule has 2 heterocycles. The van der Waals surface area contributed by atoms with Gasteiger partial charge in [0, 0.05) is 40.9 Å². The summed E-state index contributed by atoms with van der Waals surface area (Å²) in [5.74, 6) is 1.67. The minimum atomic E-state index is 0.344. The first-order valence-corrected chi connectivity index (χ1v) is 7.73. The molecule has 1 aromatic heterocycles. The predicted molar refractivity (Wildman–Crippen MR) is 79.6 cm³/mol. The Morgan fingerprint density at radius 1 is 1.47 bits per heavy atom. The van der Waals surface area contributed by atoms with Gasteiger partial charge in [-0.2, -0.15) is 5.10 Å². The van der Waals surface area contributed by atoms with E-state index in [0.29, 0.717) is 12.0 Å². The number of likely N-dealkylation sites (N-methyl/N-ethyl adjacent to an activating group) is 1. The topological polar surface area (TPSA) is 29.9 Å². The zero-order valence-electron chi connectivity index (χ0n) is 11.3. The second-order valence-electron chi connectivity index (χ2n) is 4.85. The summed E-state index contributed by atoms with van der Waals surface area (Å²) in [6.07, 6.45) is 4.16. The van der Waals surface area contributed by atoms with Gasteiger partial charge in [-0.3, -0.25) is 4.68 Å². The average molecular weight is 273 g/mol. The Morgan fingerprint density at radius 3 is 3.05 bits per heavy atom. The maximum Gasteiger partial charge on any atom is 0.0537 e. The number of nitrogens with one attached hydrogen (secondary N) is 1. The van der Waals surface area contributed by atoms with Crippen molar-refractivity contribution in [1.29, 1.82) is 0 Å².